The molecule has 6 heteroatoms. The second-order valence-electron chi connectivity index (χ2n) is 5.89. The zero-order valence-electron chi connectivity index (χ0n) is 13.1. The fourth-order valence-electron chi connectivity index (χ4n) is 3.09. The van der Waals surface area contributed by atoms with Crippen LogP contribution in [-0.4, -0.2) is 46.6 Å². The molecule has 122 valence electrons. The maximum atomic E-state index is 12.5. The lowest BCUT2D eigenvalue weighted by atomic mass is 9.98. The molecule has 1 saturated heterocycles. The van der Waals surface area contributed by atoms with Crippen LogP contribution in [0.15, 0.2) is 30.5 Å². The zero-order valence-corrected chi connectivity index (χ0v) is 13.1. The minimum Gasteiger partial charge on any atom is -0.497 e. The molecule has 0 saturated carbocycles. The van der Waals surface area contributed by atoms with Gasteiger partial charge >= 0.3 is 5.97 Å². The number of fused-ring (bicyclic) bond motifs is 1. The van der Waals surface area contributed by atoms with E-state index < -0.39 is 11.9 Å². The second-order valence-corrected chi connectivity index (χ2v) is 5.89. The summed E-state index contributed by atoms with van der Waals surface area (Å²) in [5.41, 5.74) is 0.964. The van der Waals surface area contributed by atoms with Crippen molar-refractivity contribution in [2.45, 2.75) is 19.4 Å². The van der Waals surface area contributed by atoms with E-state index in [9.17, 15) is 9.59 Å². The first-order valence-electron chi connectivity index (χ1n) is 7.72. The van der Waals surface area contributed by atoms with E-state index >= 15 is 0 Å². The predicted octanol–water partition coefficient (Wildman–Crippen LogP) is 1.97. The zero-order chi connectivity index (χ0) is 16.4. The second kappa shape index (κ2) is 6.32. The Balaban J connectivity index is 1.74. The van der Waals surface area contributed by atoms with Crippen molar-refractivity contribution in [3.05, 3.63) is 30.5 Å². The van der Waals surface area contributed by atoms with E-state index in [-0.39, 0.29) is 12.5 Å². The topological polar surface area (TPSA) is 71.8 Å². The molecule has 0 bridgehead atoms. The lowest BCUT2D eigenvalue weighted by Gasteiger charge is -2.30. The monoisotopic (exact) mass is 316 g/mol. The highest BCUT2D eigenvalue weighted by Crippen LogP contribution is 2.22. The lowest BCUT2D eigenvalue weighted by molar-refractivity contribution is -0.145. The number of nitrogens with zero attached hydrogens (tertiary/aromatic N) is 2. The fraction of sp³-hybridized carbons (Fsp3) is 0.412. The summed E-state index contributed by atoms with van der Waals surface area (Å²) >= 11 is 0. The first-order valence-corrected chi connectivity index (χ1v) is 7.72. The third kappa shape index (κ3) is 3.16. The van der Waals surface area contributed by atoms with Crippen LogP contribution in [0.1, 0.15) is 12.8 Å². The highest BCUT2D eigenvalue weighted by Gasteiger charge is 2.28. The summed E-state index contributed by atoms with van der Waals surface area (Å²) in [6.07, 6.45) is 3.26. The van der Waals surface area contributed by atoms with E-state index in [0.717, 1.165) is 23.1 Å². The highest BCUT2D eigenvalue weighted by atomic mass is 16.5. The Hall–Kier alpha value is -2.50. The Labute approximate surface area is 134 Å². The fourth-order valence-corrected chi connectivity index (χ4v) is 3.09. The summed E-state index contributed by atoms with van der Waals surface area (Å²) in [5, 5.41) is 10.1. The number of carboxylic acids is 1. The number of carbonyl (C=O) groups is 2. The normalized spacial score (nSPS) is 18.1. The number of hydrogen-bond donors (Lipinski definition) is 1. The van der Waals surface area contributed by atoms with Gasteiger partial charge in [0, 0.05) is 30.2 Å². The third-order valence-corrected chi connectivity index (χ3v) is 4.41. The van der Waals surface area contributed by atoms with Crippen LogP contribution < -0.4 is 4.74 Å². The van der Waals surface area contributed by atoms with E-state index in [1.165, 1.54) is 0 Å². The molecule has 1 unspecified atom stereocenters. The van der Waals surface area contributed by atoms with Crippen molar-refractivity contribution in [1.82, 2.24) is 9.47 Å². The summed E-state index contributed by atoms with van der Waals surface area (Å²) in [5.74, 6) is -0.523. The van der Waals surface area contributed by atoms with Crippen LogP contribution in [0.5, 0.6) is 5.75 Å². The van der Waals surface area contributed by atoms with E-state index in [4.69, 9.17) is 9.84 Å². The van der Waals surface area contributed by atoms with E-state index in [0.29, 0.717) is 19.5 Å². The number of ether oxygens (including phenoxy) is 1. The Bertz CT molecular complexity index is 737. The predicted molar refractivity (Wildman–Crippen MR) is 85.4 cm³/mol. The molecule has 1 aromatic heterocycles. The smallest absolute Gasteiger partial charge is 0.308 e. The van der Waals surface area contributed by atoms with Crippen LogP contribution in [0, 0.1) is 5.92 Å². The van der Waals surface area contributed by atoms with Crippen molar-refractivity contribution < 1.29 is 19.4 Å². The number of amides is 1. The van der Waals surface area contributed by atoms with Crippen molar-refractivity contribution in [3.8, 4) is 5.75 Å². The van der Waals surface area contributed by atoms with Gasteiger partial charge in [0.1, 0.15) is 12.3 Å². The molecule has 1 aliphatic rings. The van der Waals surface area contributed by atoms with Crippen molar-refractivity contribution in [2.24, 2.45) is 5.92 Å². The van der Waals surface area contributed by atoms with Gasteiger partial charge in [-0.1, -0.05) is 0 Å². The van der Waals surface area contributed by atoms with Crippen molar-refractivity contribution in [3.63, 3.8) is 0 Å². The minimum atomic E-state index is -0.819. The Morgan fingerprint density at radius 3 is 2.91 bits per heavy atom. The SMILES string of the molecule is COc1ccc2c(ccn2CC(=O)N2CCCC(C(=O)O)C2)c1. The summed E-state index contributed by atoms with van der Waals surface area (Å²) in [6, 6.07) is 7.67. The van der Waals surface area contributed by atoms with Crippen molar-refractivity contribution >= 4 is 22.8 Å². The van der Waals surface area contributed by atoms with Crippen LogP contribution in [-0.2, 0) is 16.1 Å². The summed E-state index contributed by atoms with van der Waals surface area (Å²) in [4.78, 5) is 25.3. The number of methoxy groups -OCH3 is 1. The van der Waals surface area contributed by atoms with Gasteiger partial charge in [-0.2, -0.15) is 0 Å². The Morgan fingerprint density at radius 1 is 1.35 bits per heavy atom. The minimum absolute atomic E-state index is 0.0377. The molecule has 1 amide bonds. The van der Waals surface area contributed by atoms with Gasteiger partial charge in [0.25, 0.3) is 0 Å². The maximum Gasteiger partial charge on any atom is 0.308 e. The quantitative estimate of drug-likeness (QED) is 0.936. The Morgan fingerprint density at radius 2 is 2.17 bits per heavy atom. The molecule has 3 rings (SSSR count). The molecule has 2 heterocycles. The maximum absolute atomic E-state index is 12.5. The van der Waals surface area contributed by atoms with Gasteiger partial charge in [-0.3, -0.25) is 9.59 Å². The number of aliphatic carboxylic acids is 1. The lowest BCUT2D eigenvalue weighted by Crippen LogP contribution is -2.43. The van der Waals surface area contributed by atoms with Crippen LogP contribution >= 0.6 is 0 Å². The third-order valence-electron chi connectivity index (χ3n) is 4.41. The molecule has 1 atom stereocenters. The van der Waals surface area contributed by atoms with Gasteiger partial charge in [-0.15, -0.1) is 0 Å². The van der Waals surface area contributed by atoms with E-state index in [1.807, 2.05) is 35.0 Å². The summed E-state index contributed by atoms with van der Waals surface area (Å²) in [6.45, 7) is 1.17. The molecule has 1 fully saturated rings. The van der Waals surface area contributed by atoms with Crippen molar-refractivity contribution in [1.29, 1.82) is 0 Å². The number of hydrogen-bond acceptors (Lipinski definition) is 3. The molecule has 23 heavy (non-hydrogen) atoms. The van der Waals surface area contributed by atoms with Crippen LogP contribution in [0.2, 0.25) is 0 Å². The average Bonchev–Trinajstić information content (AvgIpc) is 2.97. The number of likely N-dealkylation sites (tertiary alicyclic amines) is 1. The first-order chi connectivity index (χ1) is 11.1. The number of carbonyl (C=O) groups excluding carboxylic acids is 1. The average molecular weight is 316 g/mol. The molecule has 0 aliphatic carbocycles. The van der Waals surface area contributed by atoms with E-state index in [1.54, 1.807) is 12.0 Å². The van der Waals surface area contributed by atoms with E-state index in [2.05, 4.69) is 0 Å². The van der Waals surface area contributed by atoms with Crippen LogP contribution in [0.25, 0.3) is 10.9 Å². The molecule has 0 radical (unpaired) electrons. The molecule has 1 N–H and O–H groups in total. The van der Waals surface area contributed by atoms with Crippen molar-refractivity contribution in [2.75, 3.05) is 20.2 Å². The number of benzene rings is 1. The van der Waals surface area contributed by atoms with Crippen LogP contribution in [0.4, 0.5) is 0 Å². The summed E-state index contributed by atoms with van der Waals surface area (Å²) < 4.78 is 7.09. The molecule has 1 aliphatic heterocycles. The highest BCUT2D eigenvalue weighted by molar-refractivity contribution is 5.84. The molecular weight excluding hydrogens is 296 g/mol. The van der Waals surface area contributed by atoms with Gasteiger partial charge in [-0.25, -0.2) is 0 Å². The number of rotatable bonds is 4. The largest absolute Gasteiger partial charge is 0.497 e. The summed E-state index contributed by atoms with van der Waals surface area (Å²) in [7, 11) is 1.62. The van der Waals surface area contributed by atoms with Gasteiger partial charge in [0.05, 0.1) is 13.0 Å². The number of aromatic nitrogens is 1. The standard InChI is InChI=1S/C17H20N2O4/c1-23-14-4-5-15-12(9-14)6-8-18(15)11-16(20)19-7-2-3-13(10-19)17(21)22/h4-6,8-9,13H,2-3,7,10-11H2,1H3,(H,21,22). The number of piperidine rings is 1. The van der Waals surface area contributed by atoms with Crippen LogP contribution in [0.3, 0.4) is 0 Å². The molecule has 0 spiro atoms. The van der Waals surface area contributed by atoms with Gasteiger partial charge < -0.3 is 19.3 Å². The molecular formula is C17H20N2O4. The molecule has 2 aromatic rings. The van der Waals surface area contributed by atoms with Gasteiger partial charge in [-0.05, 0) is 37.1 Å². The first kappa shape index (κ1) is 15.4. The molecule has 6 nitrogen and oxygen atoms in total. The Kier molecular flexibility index (Phi) is 4.23. The number of carboxylic acid groups (broad SMARTS) is 1. The van der Waals surface area contributed by atoms with Gasteiger partial charge in [0.15, 0.2) is 0 Å². The van der Waals surface area contributed by atoms with Gasteiger partial charge in [0.2, 0.25) is 5.91 Å². The molecule has 1 aromatic carbocycles.